The molecule has 18 heavy (non-hydrogen) atoms. The Morgan fingerprint density at radius 3 is 2.50 bits per heavy atom. The molecule has 0 heterocycles. The number of aliphatic hydroxyl groups is 1. The normalized spacial score (nSPS) is 11.5. The molecule has 0 amide bonds. The second-order valence-electron chi connectivity index (χ2n) is 4.41. The van der Waals surface area contributed by atoms with Gasteiger partial charge < -0.3 is 5.11 Å². The number of rotatable bonds is 7. The van der Waals surface area contributed by atoms with E-state index in [0.717, 1.165) is 24.9 Å². The molecule has 0 aliphatic rings. The van der Waals surface area contributed by atoms with E-state index in [1.165, 1.54) is 6.07 Å². The summed E-state index contributed by atoms with van der Waals surface area (Å²) in [6, 6.07) is 5.54. The summed E-state index contributed by atoms with van der Waals surface area (Å²) in [5, 5.41) is 9.14. The van der Waals surface area contributed by atoms with Crippen molar-refractivity contribution in [2.75, 3.05) is 13.2 Å². The minimum atomic E-state index is -0.241. The van der Waals surface area contributed by atoms with E-state index in [4.69, 9.17) is 5.11 Å². The van der Waals surface area contributed by atoms with Gasteiger partial charge >= 0.3 is 0 Å². The second-order valence-corrected chi connectivity index (χ2v) is 5.27. The van der Waals surface area contributed by atoms with Crippen molar-refractivity contribution >= 4 is 15.9 Å². The summed E-state index contributed by atoms with van der Waals surface area (Å²) in [5.41, 5.74) is 1.06. The fraction of sp³-hybridized carbons (Fsp3) is 0.571. The van der Waals surface area contributed by atoms with Crippen molar-refractivity contribution in [1.29, 1.82) is 0 Å². The van der Waals surface area contributed by atoms with Gasteiger partial charge in [0, 0.05) is 19.1 Å². The quantitative estimate of drug-likeness (QED) is 0.831. The molecule has 2 nitrogen and oxygen atoms in total. The monoisotopic (exact) mass is 317 g/mol. The Morgan fingerprint density at radius 2 is 2.00 bits per heavy atom. The van der Waals surface area contributed by atoms with Crippen molar-refractivity contribution in [2.45, 2.75) is 39.3 Å². The van der Waals surface area contributed by atoms with Gasteiger partial charge in [0.2, 0.25) is 0 Å². The standard InChI is InChI=1S/C14H21BrFNO/c1-3-12(4-2)17(7-8-18)10-11-5-6-14(16)13(15)9-11/h5-6,9,12,18H,3-4,7-8,10H2,1-2H3. The summed E-state index contributed by atoms with van der Waals surface area (Å²) in [6.45, 7) is 5.85. The first-order valence-electron chi connectivity index (χ1n) is 6.41. The highest BCUT2D eigenvalue weighted by molar-refractivity contribution is 9.10. The topological polar surface area (TPSA) is 23.5 Å². The third-order valence-corrected chi connectivity index (χ3v) is 3.82. The number of aliphatic hydroxyl groups excluding tert-OH is 1. The predicted octanol–water partition coefficient (Wildman–Crippen LogP) is 3.57. The van der Waals surface area contributed by atoms with Gasteiger partial charge in [0.25, 0.3) is 0 Å². The van der Waals surface area contributed by atoms with E-state index in [1.807, 2.05) is 6.07 Å². The third-order valence-electron chi connectivity index (χ3n) is 3.22. The maximum Gasteiger partial charge on any atom is 0.137 e. The van der Waals surface area contributed by atoms with Crippen molar-refractivity contribution in [3.8, 4) is 0 Å². The molecule has 4 heteroatoms. The molecule has 102 valence electrons. The molecule has 1 rings (SSSR count). The number of nitrogens with zero attached hydrogens (tertiary/aromatic N) is 1. The van der Waals surface area contributed by atoms with E-state index in [-0.39, 0.29) is 12.4 Å². The lowest BCUT2D eigenvalue weighted by Crippen LogP contribution is -2.36. The fourth-order valence-electron chi connectivity index (χ4n) is 2.20. The summed E-state index contributed by atoms with van der Waals surface area (Å²) < 4.78 is 13.7. The van der Waals surface area contributed by atoms with Gasteiger partial charge in [-0.25, -0.2) is 4.39 Å². The van der Waals surface area contributed by atoms with Crippen LogP contribution in [0.5, 0.6) is 0 Å². The van der Waals surface area contributed by atoms with Crippen LogP contribution in [0.2, 0.25) is 0 Å². The zero-order valence-corrected chi connectivity index (χ0v) is 12.6. The minimum absolute atomic E-state index is 0.152. The van der Waals surface area contributed by atoms with E-state index in [9.17, 15) is 4.39 Å². The average molecular weight is 318 g/mol. The van der Waals surface area contributed by atoms with E-state index in [0.29, 0.717) is 17.1 Å². The Morgan fingerprint density at radius 1 is 1.33 bits per heavy atom. The van der Waals surface area contributed by atoms with Crippen LogP contribution in [0.15, 0.2) is 22.7 Å². The number of benzene rings is 1. The fourth-order valence-corrected chi connectivity index (χ4v) is 2.62. The zero-order valence-electron chi connectivity index (χ0n) is 11.0. The van der Waals surface area contributed by atoms with Gasteiger partial charge in [0.15, 0.2) is 0 Å². The summed E-state index contributed by atoms with van der Waals surface area (Å²) in [4.78, 5) is 2.25. The van der Waals surface area contributed by atoms with E-state index in [2.05, 4.69) is 34.7 Å². The first-order chi connectivity index (χ1) is 8.62. The van der Waals surface area contributed by atoms with Crippen molar-refractivity contribution in [2.24, 2.45) is 0 Å². The Bertz CT molecular complexity index is 369. The number of hydrogen-bond donors (Lipinski definition) is 1. The molecule has 0 aromatic heterocycles. The van der Waals surface area contributed by atoms with Crippen molar-refractivity contribution in [3.63, 3.8) is 0 Å². The Balaban J connectivity index is 2.78. The minimum Gasteiger partial charge on any atom is -0.395 e. The first kappa shape index (κ1) is 15.6. The molecule has 0 aliphatic heterocycles. The van der Waals surface area contributed by atoms with E-state index < -0.39 is 0 Å². The lowest BCUT2D eigenvalue weighted by molar-refractivity contribution is 0.136. The third kappa shape index (κ3) is 4.34. The highest BCUT2D eigenvalue weighted by Gasteiger charge is 2.15. The molecule has 1 aromatic rings. The molecular weight excluding hydrogens is 297 g/mol. The van der Waals surface area contributed by atoms with Crippen LogP contribution >= 0.6 is 15.9 Å². The molecule has 0 saturated heterocycles. The highest BCUT2D eigenvalue weighted by Crippen LogP contribution is 2.19. The van der Waals surface area contributed by atoms with Crippen LogP contribution < -0.4 is 0 Å². The van der Waals surface area contributed by atoms with Crippen molar-refractivity contribution < 1.29 is 9.50 Å². The molecule has 1 N–H and O–H groups in total. The molecule has 0 aliphatic carbocycles. The molecule has 0 fully saturated rings. The predicted molar refractivity (Wildman–Crippen MR) is 76.0 cm³/mol. The molecule has 0 radical (unpaired) electrons. The van der Waals surface area contributed by atoms with Crippen LogP contribution in [0.3, 0.4) is 0 Å². The lowest BCUT2D eigenvalue weighted by atomic mass is 10.1. The van der Waals surface area contributed by atoms with Gasteiger partial charge in [-0.2, -0.15) is 0 Å². The summed E-state index contributed by atoms with van der Waals surface area (Å²) in [5.74, 6) is -0.241. The SMILES string of the molecule is CCC(CC)N(CCO)Cc1ccc(F)c(Br)c1. The van der Waals surface area contributed by atoms with Gasteiger partial charge in [-0.1, -0.05) is 19.9 Å². The largest absolute Gasteiger partial charge is 0.395 e. The van der Waals surface area contributed by atoms with Gasteiger partial charge in [0.05, 0.1) is 11.1 Å². The van der Waals surface area contributed by atoms with Gasteiger partial charge in [-0.15, -0.1) is 0 Å². The molecule has 1 aromatic carbocycles. The molecule has 0 unspecified atom stereocenters. The highest BCUT2D eigenvalue weighted by atomic mass is 79.9. The van der Waals surface area contributed by atoms with Gasteiger partial charge in [-0.3, -0.25) is 4.90 Å². The average Bonchev–Trinajstić information content (AvgIpc) is 2.35. The molecular formula is C14H21BrFNO. The summed E-state index contributed by atoms with van der Waals surface area (Å²) >= 11 is 3.20. The van der Waals surface area contributed by atoms with Crippen molar-refractivity contribution in [3.05, 3.63) is 34.1 Å². The van der Waals surface area contributed by atoms with Crippen LogP contribution in [0, 0.1) is 5.82 Å². The molecule has 0 atom stereocenters. The Hall–Kier alpha value is -0.450. The second kappa shape index (κ2) is 7.87. The Labute approximate surface area is 117 Å². The summed E-state index contributed by atoms with van der Waals surface area (Å²) in [6.07, 6.45) is 2.11. The molecule has 0 spiro atoms. The van der Waals surface area contributed by atoms with Crippen LogP contribution in [0.25, 0.3) is 0 Å². The summed E-state index contributed by atoms with van der Waals surface area (Å²) in [7, 11) is 0. The Kier molecular flexibility index (Phi) is 6.82. The van der Waals surface area contributed by atoms with Crippen LogP contribution in [-0.2, 0) is 6.54 Å². The smallest absolute Gasteiger partial charge is 0.137 e. The van der Waals surface area contributed by atoms with E-state index >= 15 is 0 Å². The van der Waals surface area contributed by atoms with Crippen LogP contribution in [0.4, 0.5) is 4.39 Å². The maximum absolute atomic E-state index is 13.2. The first-order valence-corrected chi connectivity index (χ1v) is 7.20. The number of halogens is 2. The molecule has 0 bridgehead atoms. The zero-order chi connectivity index (χ0) is 13.5. The van der Waals surface area contributed by atoms with Gasteiger partial charge in [-0.05, 0) is 46.5 Å². The number of hydrogen-bond acceptors (Lipinski definition) is 2. The van der Waals surface area contributed by atoms with Gasteiger partial charge in [0.1, 0.15) is 5.82 Å². The van der Waals surface area contributed by atoms with E-state index in [1.54, 1.807) is 6.07 Å². The lowest BCUT2D eigenvalue weighted by Gasteiger charge is -2.29. The van der Waals surface area contributed by atoms with Crippen LogP contribution in [0.1, 0.15) is 32.3 Å². The molecule has 0 saturated carbocycles. The van der Waals surface area contributed by atoms with Crippen LogP contribution in [-0.4, -0.2) is 29.2 Å². The maximum atomic E-state index is 13.2. The van der Waals surface area contributed by atoms with Crippen molar-refractivity contribution in [1.82, 2.24) is 4.90 Å².